The van der Waals surface area contributed by atoms with Crippen molar-refractivity contribution in [3.63, 3.8) is 0 Å². The fraction of sp³-hybridized carbons (Fsp3) is 0.143. The number of hydrogen-bond acceptors (Lipinski definition) is 1. The van der Waals surface area contributed by atoms with Gasteiger partial charge in [0.25, 0.3) is 0 Å². The maximum Gasteiger partial charge on any atom is 0.153 e. The zero-order valence-electron chi connectivity index (χ0n) is 10.1. The van der Waals surface area contributed by atoms with Gasteiger partial charge in [-0.05, 0) is 29.3 Å². The van der Waals surface area contributed by atoms with Crippen LogP contribution in [0.3, 0.4) is 0 Å². The van der Waals surface area contributed by atoms with Gasteiger partial charge in [0.2, 0.25) is 0 Å². The summed E-state index contributed by atoms with van der Waals surface area (Å²) in [6.45, 7) is 0. The predicted molar refractivity (Wildman–Crippen MR) is 80.4 cm³/mol. The summed E-state index contributed by atoms with van der Waals surface area (Å²) in [5.74, 6) is 0. The van der Waals surface area contributed by atoms with E-state index >= 15 is 0 Å². The van der Waals surface area contributed by atoms with Gasteiger partial charge in [-0.1, -0.05) is 35.9 Å². The van der Waals surface area contributed by atoms with Crippen molar-refractivity contribution in [3.8, 4) is 0 Å². The zero-order chi connectivity index (χ0) is 13.6. The largest absolute Gasteiger partial charge is 0.290 e. The average Bonchev–Trinajstić information content (AvgIpc) is 2.51. The summed E-state index contributed by atoms with van der Waals surface area (Å²) in [5, 5.41) is 0.287. The fourth-order valence-electron chi connectivity index (χ4n) is 2.26. The van der Waals surface area contributed by atoms with E-state index in [-0.39, 0.29) is 5.38 Å². The molecule has 0 amide bonds. The molecule has 3 rings (SSSR count). The summed E-state index contributed by atoms with van der Waals surface area (Å²) >= 11 is 12.6. The molecule has 2 unspecified atom stereocenters. The Morgan fingerprint density at radius 1 is 1.16 bits per heavy atom. The van der Waals surface area contributed by atoms with E-state index < -0.39 is 11.0 Å². The number of benzene rings is 2. The lowest BCUT2D eigenvalue weighted by atomic mass is 10.0. The molecular formula is C14H11Cl2NOS. The molecule has 19 heavy (non-hydrogen) atoms. The molecule has 0 radical (unpaired) electrons. The SMILES string of the molecule is CN1c2cc(Cl)ccc2C(Cl)c2ccccc2S1=O. The molecule has 98 valence electrons. The Morgan fingerprint density at radius 2 is 1.89 bits per heavy atom. The molecule has 0 aliphatic carbocycles. The Morgan fingerprint density at radius 3 is 2.68 bits per heavy atom. The molecule has 1 aliphatic heterocycles. The van der Waals surface area contributed by atoms with Gasteiger partial charge in [0.15, 0.2) is 11.0 Å². The third-order valence-electron chi connectivity index (χ3n) is 3.23. The van der Waals surface area contributed by atoms with Gasteiger partial charge in [-0.2, -0.15) is 0 Å². The Kier molecular flexibility index (Phi) is 3.29. The fourth-order valence-corrected chi connectivity index (χ4v) is 4.08. The first-order valence-electron chi connectivity index (χ1n) is 5.77. The third-order valence-corrected chi connectivity index (χ3v) is 5.38. The second kappa shape index (κ2) is 4.82. The van der Waals surface area contributed by atoms with Crippen molar-refractivity contribution in [2.75, 3.05) is 11.4 Å². The van der Waals surface area contributed by atoms with Crippen LogP contribution in [0.4, 0.5) is 5.69 Å². The smallest absolute Gasteiger partial charge is 0.153 e. The summed E-state index contributed by atoms with van der Waals surface area (Å²) < 4.78 is 14.3. The molecule has 0 bridgehead atoms. The quantitative estimate of drug-likeness (QED) is 0.670. The van der Waals surface area contributed by atoms with Crippen LogP contribution in [0.2, 0.25) is 5.02 Å². The molecular weight excluding hydrogens is 301 g/mol. The van der Waals surface area contributed by atoms with E-state index in [1.54, 1.807) is 23.5 Å². The molecule has 0 aromatic heterocycles. The Labute approximate surface area is 124 Å². The molecule has 1 heterocycles. The summed E-state index contributed by atoms with van der Waals surface area (Å²) in [6, 6.07) is 13.1. The highest BCUT2D eigenvalue weighted by Crippen LogP contribution is 2.42. The van der Waals surface area contributed by atoms with Crippen molar-refractivity contribution >= 4 is 39.9 Å². The van der Waals surface area contributed by atoms with E-state index in [0.29, 0.717) is 5.02 Å². The van der Waals surface area contributed by atoms with Gasteiger partial charge in [-0.15, -0.1) is 11.6 Å². The minimum atomic E-state index is -1.28. The molecule has 2 aromatic carbocycles. The first-order valence-corrected chi connectivity index (χ1v) is 7.70. The average molecular weight is 312 g/mol. The van der Waals surface area contributed by atoms with Crippen LogP contribution in [0, 0.1) is 0 Å². The highest BCUT2D eigenvalue weighted by atomic mass is 35.5. The summed E-state index contributed by atoms with van der Waals surface area (Å²) in [5.41, 5.74) is 2.62. The van der Waals surface area contributed by atoms with Gasteiger partial charge >= 0.3 is 0 Å². The van der Waals surface area contributed by atoms with Crippen LogP contribution in [-0.4, -0.2) is 11.3 Å². The highest BCUT2D eigenvalue weighted by Gasteiger charge is 2.28. The van der Waals surface area contributed by atoms with Gasteiger partial charge in [0.05, 0.1) is 16.0 Å². The monoisotopic (exact) mass is 311 g/mol. The van der Waals surface area contributed by atoms with E-state index in [4.69, 9.17) is 23.2 Å². The zero-order valence-corrected chi connectivity index (χ0v) is 12.5. The number of alkyl halides is 1. The van der Waals surface area contributed by atoms with Crippen LogP contribution < -0.4 is 4.31 Å². The van der Waals surface area contributed by atoms with Gasteiger partial charge in [-0.25, -0.2) is 4.21 Å². The van der Waals surface area contributed by atoms with E-state index in [1.165, 1.54) is 0 Å². The maximum atomic E-state index is 12.6. The normalized spacial score (nSPS) is 21.5. The van der Waals surface area contributed by atoms with Gasteiger partial charge in [0, 0.05) is 12.1 Å². The van der Waals surface area contributed by atoms with Crippen molar-refractivity contribution in [2.45, 2.75) is 10.3 Å². The molecule has 0 fully saturated rings. The van der Waals surface area contributed by atoms with Crippen molar-refractivity contribution in [3.05, 3.63) is 58.6 Å². The van der Waals surface area contributed by atoms with Crippen LogP contribution >= 0.6 is 23.2 Å². The number of fused-ring (bicyclic) bond motifs is 2. The number of hydrogen-bond donors (Lipinski definition) is 0. The second-order valence-corrected chi connectivity index (χ2v) is 6.71. The third kappa shape index (κ3) is 2.06. The molecule has 0 saturated carbocycles. The van der Waals surface area contributed by atoms with E-state index in [0.717, 1.165) is 21.7 Å². The Bertz CT molecular complexity index is 674. The summed E-state index contributed by atoms with van der Waals surface area (Å²) in [4.78, 5) is 0.748. The molecule has 5 heteroatoms. The van der Waals surface area contributed by atoms with Crippen LogP contribution in [0.25, 0.3) is 0 Å². The minimum Gasteiger partial charge on any atom is -0.290 e. The lowest BCUT2D eigenvalue weighted by molar-refractivity contribution is 0.681. The van der Waals surface area contributed by atoms with Crippen LogP contribution in [0.5, 0.6) is 0 Å². The second-order valence-electron chi connectivity index (χ2n) is 4.35. The van der Waals surface area contributed by atoms with Gasteiger partial charge < -0.3 is 0 Å². The molecule has 2 atom stereocenters. The molecule has 2 nitrogen and oxygen atoms in total. The summed E-state index contributed by atoms with van der Waals surface area (Å²) in [7, 11) is 0.511. The predicted octanol–water partition coefficient (Wildman–Crippen LogP) is 4.14. The van der Waals surface area contributed by atoms with Crippen LogP contribution in [-0.2, 0) is 11.0 Å². The van der Waals surface area contributed by atoms with Crippen molar-refractivity contribution in [1.82, 2.24) is 0 Å². The Hall–Kier alpha value is -1.03. The van der Waals surface area contributed by atoms with E-state index in [2.05, 4.69) is 0 Å². The number of halogens is 2. The van der Waals surface area contributed by atoms with Crippen molar-refractivity contribution < 1.29 is 4.21 Å². The minimum absolute atomic E-state index is 0.322. The van der Waals surface area contributed by atoms with Gasteiger partial charge in [-0.3, -0.25) is 4.31 Å². The van der Waals surface area contributed by atoms with Crippen LogP contribution in [0.1, 0.15) is 16.5 Å². The topological polar surface area (TPSA) is 20.3 Å². The molecule has 1 aliphatic rings. The van der Waals surface area contributed by atoms with Crippen molar-refractivity contribution in [1.29, 1.82) is 0 Å². The number of nitrogens with zero attached hydrogens (tertiary/aromatic N) is 1. The molecule has 0 saturated heterocycles. The first-order chi connectivity index (χ1) is 9.09. The molecule has 2 aromatic rings. The van der Waals surface area contributed by atoms with E-state index in [9.17, 15) is 4.21 Å². The summed E-state index contributed by atoms with van der Waals surface area (Å²) in [6.07, 6.45) is 0. The molecule has 0 spiro atoms. The Balaban J connectivity index is 2.30. The standard InChI is InChI=1S/C14H11Cl2NOS/c1-17-12-8-9(15)6-7-10(12)14(16)11-4-2-3-5-13(11)19(17)18/h2-8,14H,1H3. The molecule has 0 N–H and O–H groups in total. The van der Waals surface area contributed by atoms with Crippen molar-refractivity contribution in [2.24, 2.45) is 0 Å². The highest BCUT2D eigenvalue weighted by molar-refractivity contribution is 7.86. The lowest BCUT2D eigenvalue weighted by Crippen LogP contribution is -2.20. The lowest BCUT2D eigenvalue weighted by Gasteiger charge is -2.18. The number of rotatable bonds is 0. The first kappa shape index (κ1) is 13.0. The maximum absolute atomic E-state index is 12.6. The van der Waals surface area contributed by atoms with E-state index in [1.807, 2.05) is 30.3 Å². The number of anilines is 1. The van der Waals surface area contributed by atoms with Gasteiger partial charge in [0.1, 0.15) is 0 Å². The van der Waals surface area contributed by atoms with Crippen LogP contribution in [0.15, 0.2) is 47.4 Å².